The second-order valence-electron chi connectivity index (χ2n) is 6.56. The molecule has 2 aromatic rings. The summed E-state index contributed by atoms with van der Waals surface area (Å²) in [6, 6.07) is 13.4. The molecule has 1 saturated heterocycles. The van der Waals surface area contributed by atoms with Gasteiger partial charge in [-0.15, -0.1) is 0 Å². The van der Waals surface area contributed by atoms with Gasteiger partial charge in [-0.05, 0) is 36.6 Å². The SMILES string of the molecule is CS(=O)(=O)N1CCC(C(=O)N(Cc2cccnc2)c2ccccc2)CC1. The Hall–Kier alpha value is -2.25. The van der Waals surface area contributed by atoms with Crippen LogP contribution in [-0.2, 0) is 21.4 Å². The number of piperidine rings is 1. The molecule has 138 valence electrons. The van der Waals surface area contributed by atoms with Crippen molar-refractivity contribution in [3.8, 4) is 0 Å². The molecule has 1 aromatic heterocycles. The number of carbonyl (C=O) groups excluding carboxylic acids is 1. The van der Waals surface area contributed by atoms with Crippen molar-refractivity contribution in [3.05, 3.63) is 60.4 Å². The highest BCUT2D eigenvalue weighted by Gasteiger charge is 2.32. The third-order valence-corrected chi connectivity index (χ3v) is 5.97. The first kappa shape index (κ1) is 18.5. The molecule has 0 unspecified atom stereocenters. The first-order valence-electron chi connectivity index (χ1n) is 8.65. The molecule has 0 radical (unpaired) electrons. The third kappa shape index (κ3) is 4.47. The van der Waals surface area contributed by atoms with Crippen LogP contribution in [0, 0.1) is 5.92 Å². The van der Waals surface area contributed by atoms with Gasteiger partial charge in [0, 0.05) is 37.1 Å². The van der Waals surface area contributed by atoms with Crippen LogP contribution in [0.1, 0.15) is 18.4 Å². The molecule has 0 saturated carbocycles. The van der Waals surface area contributed by atoms with Crippen LogP contribution in [0.15, 0.2) is 54.9 Å². The molecule has 7 heteroatoms. The fourth-order valence-corrected chi connectivity index (χ4v) is 4.11. The standard InChI is InChI=1S/C19H23N3O3S/c1-26(24,25)21-12-9-17(10-13-21)19(23)22(18-7-3-2-4-8-18)15-16-6-5-11-20-14-16/h2-8,11,14,17H,9-10,12-13,15H2,1H3. The maximum Gasteiger partial charge on any atom is 0.230 e. The number of pyridine rings is 1. The van der Waals surface area contributed by atoms with Crippen LogP contribution in [-0.4, -0.2) is 43.0 Å². The minimum atomic E-state index is -3.20. The highest BCUT2D eigenvalue weighted by Crippen LogP contribution is 2.25. The number of sulfonamides is 1. The second kappa shape index (κ2) is 7.97. The molecule has 1 aliphatic rings. The molecule has 0 spiro atoms. The Morgan fingerprint density at radius 1 is 1.15 bits per heavy atom. The monoisotopic (exact) mass is 373 g/mol. The van der Waals surface area contributed by atoms with Crippen LogP contribution < -0.4 is 4.90 Å². The van der Waals surface area contributed by atoms with E-state index in [0.717, 1.165) is 11.3 Å². The van der Waals surface area contributed by atoms with Crippen molar-refractivity contribution < 1.29 is 13.2 Å². The zero-order valence-corrected chi connectivity index (χ0v) is 15.6. The molecule has 1 amide bonds. The van der Waals surface area contributed by atoms with Gasteiger partial charge in [-0.3, -0.25) is 9.78 Å². The summed E-state index contributed by atoms with van der Waals surface area (Å²) in [5.74, 6) is -0.141. The number of anilines is 1. The topological polar surface area (TPSA) is 70.6 Å². The Morgan fingerprint density at radius 3 is 2.42 bits per heavy atom. The molecule has 1 aromatic carbocycles. The average molecular weight is 373 g/mol. The average Bonchev–Trinajstić information content (AvgIpc) is 2.66. The molecule has 26 heavy (non-hydrogen) atoms. The van der Waals surface area contributed by atoms with Gasteiger partial charge in [0.05, 0.1) is 12.8 Å². The largest absolute Gasteiger partial charge is 0.308 e. The molecule has 0 aliphatic carbocycles. The predicted molar refractivity (Wildman–Crippen MR) is 101 cm³/mol. The lowest BCUT2D eigenvalue weighted by Gasteiger charge is -2.33. The summed E-state index contributed by atoms with van der Waals surface area (Å²) in [6.45, 7) is 1.23. The number of carbonyl (C=O) groups is 1. The first-order chi connectivity index (χ1) is 12.4. The van der Waals surface area contributed by atoms with Crippen LogP contribution in [0.5, 0.6) is 0 Å². The number of amides is 1. The van der Waals surface area contributed by atoms with Crippen molar-refractivity contribution in [3.63, 3.8) is 0 Å². The lowest BCUT2D eigenvalue weighted by atomic mass is 9.96. The third-order valence-electron chi connectivity index (χ3n) is 4.67. The van der Waals surface area contributed by atoms with E-state index in [0.29, 0.717) is 32.5 Å². The Morgan fingerprint density at radius 2 is 1.85 bits per heavy atom. The van der Waals surface area contributed by atoms with E-state index in [-0.39, 0.29) is 11.8 Å². The van der Waals surface area contributed by atoms with Crippen LogP contribution >= 0.6 is 0 Å². The molecule has 0 atom stereocenters. The zero-order valence-electron chi connectivity index (χ0n) is 14.8. The minimum Gasteiger partial charge on any atom is -0.308 e. The molecule has 6 nitrogen and oxygen atoms in total. The molecule has 2 heterocycles. The summed E-state index contributed by atoms with van der Waals surface area (Å²) in [7, 11) is -3.20. The summed E-state index contributed by atoms with van der Waals surface area (Å²) in [6.07, 6.45) is 5.77. The highest BCUT2D eigenvalue weighted by atomic mass is 32.2. The minimum absolute atomic E-state index is 0.0354. The number of aromatic nitrogens is 1. The quantitative estimate of drug-likeness (QED) is 0.806. The van der Waals surface area contributed by atoms with E-state index in [2.05, 4.69) is 4.98 Å². The molecule has 1 fully saturated rings. The number of benzene rings is 1. The van der Waals surface area contributed by atoms with E-state index in [4.69, 9.17) is 0 Å². The van der Waals surface area contributed by atoms with Gasteiger partial charge >= 0.3 is 0 Å². The van der Waals surface area contributed by atoms with Crippen LogP contribution in [0.4, 0.5) is 5.69 Å². The van der Waals surface area contributed by atoms with Crippen molar-refractivity contribution in [2.75, 3.05) is 24.2 Å². The van der Waals surface area contributed by atoms with Gasteiger partial charge in [-0.1, -0.05) is 24.3 Å². The maximum atomic E-state index is 13.2. The van der Waals surface area contributed by atoms with Gasteiger partial charge < -0.3 is 4.90 Å². The smallest absolute Gasteiger partial charge is 0.230 e. The van der Waals surface area contributed by atoms with Gasteiger partial charge in [-0.2, -0.15) is 0 Å². The summed E-state index contributed by atoms with van der Waals surface area (Å²) >= 11 is 0. The predicted octanol–water partition coefficient (Wildman–Crippen LogP) is 2.29. The maximum absolute atomic E-state index is 13.2. The van der Waals surface area contributed by atoms with Gasteiger partial charge in [-0.25, -0.2) is 12.7 Å². The summed E-state index contributed by atoms with van der Waals surface area (Å²) in [4.78, 5) is 19.1. The zero-order chi connectivity index (χ0) is 18.6. The van der Waals surface area contributed by atoms with Crippen LogP contribution in [0.2, 0.25) is 0 Å². The Kier molecular flexibility index (Phi) is 5.68. The molecule has 0 bridgehead atoms. The summed E-state index contributed by atoms with van der Waals surface area (Å²) in [5, 5.41) is 0. The first-order valence-corrected chi connectivity index (χ1v) is 10.5. The molecule has 1 aliphatic heterocycles. The molecular weight excluding hydrogens is 350 g/mol. The second-order valence-corrected chi connectivity index (χ2v) is 8.54. The Labute approximate surface area is 154 Å². The van der Waals surface area contributed by atoms with Crippen LogP contribution in [0.25, 0.3) is 0 Å². The summed E-state index contributed by atoms with van der Waals surface area (Å²) in [5.41, 5.74) is 1.80. The Balaban J connectivity index is 1.78. The fourth-order valence-electron chi connectivity index (χ4n) is 3.23. The number of para-hydroxylation sites is 1. The number of hydrogen-bond acceptors (Lipinski definition) is 4. The normalized spacial score (nSPS) is 16.3. The van der Waals surface area contributed by atoms with Gasteiger partial charge in [0.25, 0.3) is 0 Å². The van der Waals surface area contributed by atoms with Crippen molar-refractivity contribution in [2.24, 2.45) is 5.92 Å². The van der Waals surface area contributed by atoms with E-state index in [1.807, 2.05) is 42.5 Å². The van der Waals surface area contributed by atoms with Gasteiger partial charge in [0.1, 0.15) is 0 Å². The number of hydrogen-bond donors (Lipinski definition) is 0. The van der Waals surface area contributed by atoms with Crippen molar-refractivity contribution in [1.29, 1.82) is 0 Å². The van der Waals surface area contributed by atoms with E-state index in [9.17, 15) is 13.2 Å². The molecule has 3 rings (SSSR count). The van der Waals surface area contributed by atoms with E-state index < -0.39 is 10.0 Å². The molecular formula is C19H23N3O3S. The number of rotatable bonds is 5. The van der Waals surface area contributed by atoms with Gasteiger partial charge in [0.2, 0.25) is 15.9 Å². The van der Waals surface area contributed by atoms with Crippen molar-refractivity contribution in [2.45, 2.75) is 19.4 Å². The molecule has 0 N–H and O–H groups in total. The fraction of sp³-hybridized carbons (Fsp3) is 0.368. The Bertz CT molecular complexity index is 833. The van der Waals surface area contributed by atoms with E-state index >= 15 is 0 Å². The van der Waals surface area contributed by atoms with Crippen LogP contribution in [0.3, 0.4) is 0 Å². The highest BCUT2D eigenvalue weighted by molar-refractivity contribution is 7.88. The van der Waals surface area contributed by atoms with Crippen molar-refractivity contribution in [1.82, 2.24) is 9.29 Å². The van der Waals surface area contributed by atoms with E-state index in [1.165, 1.54) is 10.6 Å². The summed E-state index contributed by atoms with van der Waals surface area (Å²) < 4.78 is 24.8. The van der Waals surface area contributed by atoms with Crippen molar-refractivity contribution >= 4 is 21.6 Å². The lowest BCUT2D eigenvalue weighted by molar-refractivity contribution is -0.123. The number of nitrogens with zero attached hydrogens (tertiary/aromatic N) is 3. The van der Waals surface area contributed by atoms with E-state index in [1.54, 1.807) is 17.3 Å². The van der Waals surface area contributed by atoms with Gasteiger partial charge in [0.15, 0.2) is 0 Å². The lowest BCUT2D eigenvalue weighted by Crippen LogP contribution is -2.44.